The number of carbonyl (C=O) groups is 1. The summed E-state index contributed by atoms with van der Waals surface area (Å²) in [6.07, 6.45) is -0.612. The van der Waals surface area contributed by atoms with Gasteiger partial charge in [0.15, 0.2) is 23.5 Å². The summed E-state index contributed by atoms with van der Waals surface area (Å²) < 4.78 is 24.7. The van der Waals surface area contributed by atoms with Gasteiger partial charge in [-0.15, -0.1) is 10.2 Å². The number of thioether (sulfide) groups is 1. The van der Waals surface area contributed by atoms with Crippen LogP contribution in [0.25, 0.3) is 0 Å². The molecule has 0 N–H and O–H groups in total. The number of Topliss-reactive ketones (excluding diaryl/α,β-unsaturated/α-hetero) is 1. The van der Waals surface area contributed by atoms with E-state index in [1.54, 1.807) is 19.1 Å². The van der Waals surface area contributed by atoms with Gasteiger partial charge < -0.3 is 9.15 Å². The van der Waals surface area contributed by atoms with Gasteiger partial charge in [-0.2, -0.15) is 0 Å². The SMILES string of the molecule is Cc1ccc(C(=O)CSc2nnc(C(C)Oc3ccccc3F)o2)c(C)c1. The van der Waals surface area contributed by atoms with E-state index in [9.17, 15) is 9.18 Å². The fourth-order valence-corrected chi connectivity index (χ4v) is 3.21. The predicted octanol–water partition coefficient (Wildman–Crippen LogP) is 4.94. The molecule has 0 amide bonds. The van der Waals surface area contributed by atoms with Crippen molar-refractivity contribution in [1.29, 1.82) is 0 Å². The van der Waals surface area contributed by atoms with Crippen molar-refractivity contribution in [3.05, 3.63) is 70.9 Å². The molecular weight excluding hydrogens is 367 g/mol. The maximum atomic E-state index is 13.7. The van der Waals surface area contributed by atoms with E-state index in [-0.39, 0.29) is 28.4 Å². The molecule has 0 saturated heterocycles. The Balaban J connectivity index is 1.60. The van der Waals surface area contributed by atoms with Gasteiger partial charge in [-0.1, -0.05) is 47.7 Å². The molecule has 0 radical (unpaired) electrons. The zero-order valence-corrected chi connectivity index (χ0v) is 16.0. The standard InChI is InChI=1S/C20H19FN2O3S/c1-12-8-9-15(13(2)10-12)17(24)11-27-20-23-22-19(26-20)14(3)25-18-7-5-4-6-16(18)21/h4-10,14H,11H2,1-3H3. The summed E-state index contributed by atoms with van der Waals surface area (Å²) in [5.74, 6) is 0.0567. The monoisotopic (exact) mass is 386 g/mol. The highest BCUT2D eigenvalue weighted by molar-refractivity contribution is 7.99. The van der Waals surface area contributed by atoms with E-state index < -0.39 is 11.9 Å². The Bertz CT molecular complexity index is 958. The topological polar surface area (TPSA) is 65.2 Å². The molecule has 1 aromatic heterocycles. The molecule has 0 fully saturated rings. The van der Waals surface area contributed by atoms with Crippen LogP contribution in [0.15, 0.2) is 52.1 Å². The van der Waals surface area contributed by atoms with Crippen LogP contribution in [-0.2, 0) is 0 Å². The summed E-state index contributed by atoms with van der Waals surface area (Å²) in [6, 6.07) is 11.8. The third-order valence-electron chi connectivity index (χ3n) is 3.92. The average molecular weight is 386 g/mol. The number of hydrogen-bond acceptors (Lipinski definition) is 6. The molecule has 27 heavy (non-hydrogen) atoms. The molecule has 3 rings (SSSR count). The van der Waals surface area contributed by atoms with Crippen LogP contribution >= 0.6 is 11.8 Å². The highest BCUT2D eigenvalue weighted by Gasteiger charge is 2.18. The van der Waals surface area contributed by atoms with Crippen LogP contribution in [0.4, 0.5) is 4.39 Å². The zero-order valence-electron chi connectivity index (χ0n) is 15.2. The van der Waals surface area contributed by atoms with E-state index in [4.69, 9.17) is 9.15 Å². The number of aryl methyl sites for hydroxylation is 2. The molecule has 140 valence electrons. The number of rotatable bonds is 7. The van der Waals surface area contributed by atoms with Crippen molar-refractivity contribution in [2.75, 3.05) is 5.75 Å². The fourth-order valence-electron chi connectivity index (χ4n) is 2.56. The molecule has 0 aliphatic rings. The quantitative estimate of drug-likeness (QED) is 0.423. The van der Waals surface area contributed by atoms with Crippen LogP contribution in [0.5, 0.6) is 5.75 Å². The van der Waals surface area contributed by atoms with Gasteiger partial charge in [0.2, 0.25) is 0 Å². The first-order valence-corrected chi connectivity index (χ1v) is 9.40. The van der Waals surface area contributed by atoms with Gasteiger partial charge in [0.05, 0.1) is 5.75 Å². The van der Waals surface area contributed by atoms with Crippen molar-refractivity contribution in [3.8, 4) is 5.75 Å². The molecule has 5 nitrogen and oxygen atoms in total. The maximum Gasteiger partial charge on any atom is 0.277 e. The van der Waals surface area contributed by atoms with Gasteiger partial charge in [-0.3, -0.25) is 4.79 Å². The summed E-state index contributed by atoms with van der Waals surface area (Å²) in [4.78, 5) is 12.4. The first-order valence-electron chi connectivity index (χ1n) is 8.42. The van der Waals surface area contributed by atoms with Crippen molar-refractivity contribution in [1.82, 2.24) is 10.2 Å². The van der Waals surface area contributed by atoms with E-state index in [0.717, 1.165) is 22.9 Å². The van der Waals surface area contributed by atoms with Gasteiger partial charge in [-0.25, -0.2) is 4.39 Å². The minimum atomic E-state index is -0.612. The first-order chi connectivity index (χ1) is 12.9. The Morgan fingerprint density at radius 1 is 1.22 bits per heavy atom. The number of ketones is 1. The highest BCUT2D eigenvalue weighted by atomic mass is 32.2. The van der Waals surface area contributed by atoms with E-state index >= 15 is 0 Å². The summed E-state index contributed by atoms with van der Waals surface area (Å²) >= 11 is 1.16. The Kier molecular flexibility index (Phi) is 5.91. The second kappa shape index (κ2) is 8.35. The van der Waals surface area contributed by atoms with Crippen molar-refractivity contribution >= 4 is 17.5 Å². The largest absolute Gasteiger partial charge is 0.478 e. The molecule has 1 heterocycles. The third kappa shape index (κ3) is 4.74. The lowest BCUT2D eigenvalue weighted by Crippen LogP contribution is -2.05. The third-order valence-corrected chi connectivity index (χ3v) is 4.74. The van der Waals surface area contributed by atoms with E-state index in [0.29, 0.717) is 5.56 Å². The van der Waals surface area contributed by atoms with Crippen LogP contribution in [0.2, 0.25) is 0 Å². The smallest absolute Gasteiger partial charge is 0.277 e. The van der Waals surface area contributed by atoms with E-state index in [1.807, 2.05) is 32.0 Å². The summed E-state index contributed by atoms with van der Waals surface area (Å²) in [5.41, 5.74) is 2.74. The van der Waals surface area contributed by atoms with Crippen LogP contribution in [0, 0.1) is 19.7 Å². The number of hydrogen-bond donors (Lipinski definition) is 0. The summed E-state index contributed by atoms with van der Waals surface area (Å²) in [5, 5.41) is 8.12. The molecule has 0 bridgehead atoms. The number of ether oxygens (including phenoxy) is 1. The Hall–Kier alpha value is -2.67. The van der Waals surface area contributed by atoms with Crippen LogP contribution in [0.1, 0.15) is 40.4 Å². The molecule has 0 aliphatic carbocycles. The van der Waals surface area contributed by atoms with E-state index in [1.165, 1.54) is 12.1 Å². The number of carbonyl (C=O) groups excluding carboxylic acids is 1. The Morgan fingerprint density at radius 2 is 2.00 bits per heavy atom. The molecular formula is C20H19FN2O3S. The number of benzene rings is 2. The van der Waals surface area contributed by atoms with E-state index in [2.05, 4.69) is 10.2 Å². The molecule has 7 heteroatoms. The van der Waals surface area contributed by atoms with Crippen molar-refractivity contribution in [3.63, 3.8) is 0 Å². The number of para-hydroxylation sites is 1. The molecule has 2 aromatic carbocycles. The molecule has 0 saturated carbocycles. The fraction of sp³-hybridized carbons (Fsp3) is 0.250. The first kappa shape index (κ1) is 19.1. The van der Waals surface area contributed by atoms with Gasteiger partial charge in [-0.05, 0) is 38.5 Å². The molecule has 0 spiro atoms. The predicted molar refractivity (Wildman–Crippen MR) is 101 cm³/mol. The van der Waals surface area contributed by atoms with Crippen LogP contribution in [-0.4, -0.2) is 21.7 Å². The normalized spacial score (nSPS) is 12.0. The van der Waals surface area contributed by atoms with Crippen molar-refractivity contribution in [2.45, 2.75) is 32.1 Å². The highest BCUT2D eigenvalue weighted by Crippen LogP contribution is 2.26. The maximum absolute atomic E-state index is 13.7. The Labute approximate surface area is 161 Å². The average Bonchev–Trinajstić information content (AvgIpc) is 3.11. The van der Waals surface area contributed by atoms with Gasteiger partial charge >= 0.3 is 0 Å². The van der Waals surface area contributed by atoms with Crippen molar-refractivity contribution < 1.29 is 18.3 Å². The lowest BCUT2D eigenvalue weighted by molar-refractivity contribution is 0.102. The van der Waals surface area contributed by atoms with Gasteiger partial charge in [0, 0.05) is 5.56 Å². The van der Waals surface area contributed by atoms with Crippen molar-refractivity contribution in [2.24, 2.45) is 0 Å². The number of halogens is 1. The van der Waals surface area contributed by atoms with Crippen LogP contribution in [0.3, 0.4) is 0 Å². The van der Waals surface area contributed by atoms with Gasteiger partial charge in [0.25, 0.3) is 11.1 Å². The molecule has 3 aromatic rings. The summed E-state index contributed by atoms with van der Waals surface area (Å²) in [6.45, 7) is 5.59. The molecule has 1 unspecified atom stereocenters. The van der Waals surface area contributed by atoms with Gasteiger partial charge in [0.1, 0.15) is 0 Å². The second-order valence-corrected chi connectivity index (χ2v) is 7.05. The second-order valence-electron chi connectivity index (χ2n) is 6.13. The molecule has 1 atom stereocenters. The lowest BCUT2D eigenvalue weighted by atomic mass is 10.0. The Morgan fingerprint density at radius 3 is 2.74 bits per heavy atom. The lowest BCUT2D eigenvalue weighted by Gasteiger charge is -2.11. The minimum absolute atomic E-state index is 0.00657. The van der Waals surface area contributed by atoms with Crippen LogP contribution < -0.4 is 4.74 Å². The number of aromatic nitrogens is 2. The zero-order chi connectivity index (χ0) is 19.4. The number of nitrogens with zero attached hydrogens (tertiary/aromatic N) is 2. The summed E-state index contributed by atoms with van der Waals surface area (Å²) in [7, 11) is 0. The minimum Gasteiger partial charge on any atom is -0.478 e. The molecule has 0 aliphatic heterocycles.